The summed E-state index contributed by atoms with van der Waals surface area (Å²) in [7, 11) is 1.71. The van der Waals surface area contributed by atoms with Crippen molar-refractivity contribution in [3.8, 4) is 5.82 Å². The third-order valence-corrected chi connectivity index (χ3v) is 6.18. The fourth-order valence-corrected chi connectivity index (χ4v) is 4.14. The van der Waals surface area contributed by atoms with E-state index in [0.717, 1.165) is 37.1 Å². The molecule has 0 saturated carbocycles. The number of nitrogens with one attached hydrogen (secondary N) is 2. The minimum atomic E-state index is -4.47. The molecule has 2 aromatic heterocycles. The minimum Gasteiger partial charge on any atom is -0.342 e. The molecule has 186 valence electrons. The molecule has 3 heterocycles. The predicted molar refractivity (Wildman–Crippen MR) is 121 cm³/mol. The third-order valence-electron chi connectivity index (χ3n) is 6.18. The Balaban J connectivity index is 1.30. The van der Waals surface area contributed by atoms with E-state index in [-0.39, 0.29) is 29.6 Å². The van der Waals surface area contributed by atoms with Gasteiger partial charge in [-0.05, 0) is 56.0 Å². The fourth-order valence-electron chi connectivity index (χ4n) is 4.14. The van der Waals surface area contributed by atoms with Crippen LogP contribution in [0, 0.1) is 12.7 Å². The van der Waals surface area contributed by atoms with Gasteiger partial charge in [-0.2, -0.15) is 18.3 Å². The highest BCUT2D eigenvalue weighted by molar-refractivity contribution is 5.95. The van der Waals surface area contributed by atoms with Crippen molar-refractivity contribution in [3.63, 3.8) is 0 Å². The molecule has 4 rings (SSSR count). The maximum atomic E-state index is 13.1. The summed E-state index contributed by atoms with van der Waals surface area (Å²) in [6.07, 6.45) is 0.150. The summed E-state index contributed by atoms with van der Waals surface area (Å²) in [4.78, 5) is 18.4. The third kappa shape index (κ3) is 5.68. The molecule has 0 radical (unpaired) electrons. The molecule has 2 unspecified atom stereocenters. The van der Waals surface area contributed by atoms with E-state index >= 15 is 0 Å². The number of halogens is 4. The Morgan fingerprint density at radius 2 is 1.89 bits per heavy atom. The molecular weight excluding hydrogens is 464 g/mol. The Morgan fingerprint density at radius 1 is 1.14 bits per heavy atom. The summed E-state index contributed by atoms with van der Waals surface area (Å²) in [6.45, 7) is 2.21. The van der Waals surface area contributed by atoms with E-state index < -0.39 is 11.7 Å². The molecule has 7 nitrogen and oxygen atoms in total. The van der Waals surface area contributed by atoms with E-state index in [0.29, 0.717) is 17.8 Å². The van der Waals surface area contributed by atoms with Crippen LogP contribution in [0.15, 0.2) is 48.8 Å². The molecule has 3 aromatic rings. The highest BCUT2D eigenvalue weighted by atomic mass is 19.4. The number of hydrogen-bond donors (Lipinski definition) is 2. The first kappa shape index (κ1) is 24.8. The predicted octanol–water partition coefficient (Wildman–Crippen LogP) is 4.19. The molecule has 1 saturated heterocycles. The first-order valence-corrected chi connectivity index (χ1v) is 11.2. The molecule has 1 fully saturated rings. The normalized spacial score (nSPS) is 18.1. The van der Waals surface area contributed by atoms with Crippen LogP contribution in [0.5, 0.6) is 0 Å². The van der Waals surface area contributed by atoms with Crippen molar-refractivity contribution in [2.24, 2.45) is 0 Å². The summed E-state index contributed by atoms with van der Waals surface area (Å²) in [5.74, 6) is -0.282. The SMILES string of the molecule is Cc1c(C(=O)N(C)CCCC2CC(c3ccc(F)cc3)NN2)cnn1-c1ccc(C(F)(F)F)cn1. The quantitative estimate of drug-likeness (QED) is 0.486. The van der Waals surface area contributed by atoms with Gasteiger partial charge in [-0.3, -0.25) is 15.6 Å². The smallest absolute Gasteiger partial charge is 0.342 e. The number of amides is 1. The van der Waals surface area contributed by atoms with Crippen LogP contribution in [0.2, 0.25) is 0 Å². The Morgan fingerprint density at radius 3 is 2.54 bits per heavy atom. The molecular formula is C24H26F4N6O. The Labute approximate surface area is 200 Å². The van der Waals surface area contributed by atoms with Gasteiger partial charge >= 0.3 is 6.18 Å². The van der Waals surface area contributed by atoms with Crippen molar-refractivity contribution < 1.29 is 22.4 Å². The number of carbonyl (C=O) groups excluding carboxylic acids is 1. The van der Waals surface area contributed by atoms with E-state index in [9.17, 15) is 22.4 Å². The topological polar surface area (TPSA) is 75.1 Å². The summed E-state index contributed by atoms with van der Waals surface area (Å²) in [5.41, 5.74) is 7.53. The van der Waals surface area contributed by atoms with Gasteiger partial charge < -0.3 is 4.90 Å². The van der Waals surface area contributed by atoms with Crippen LogP contribution in [0.25, 0.3) is 5.82 Å². The molecule has 0 aliphatic carbocycles. The standard InChI is InChI=1S/C24H26F4N6O/c1-15-20(14-30-34(15)22-10-7-17(13-29-22)24(26,27)28)23(35)33(2)11-3-4-19-12-21(32-31-19)16-5-8-18(25)9-6-16/h5-10,13-14,19,21,31-32H,3-4,11-12H2,1-2H3. The van der Waals surface area contributed by atoms with E-state index in [1.807, 2.05) is 0 Å². The van der Waals surface area contributed by atoms with Crippen molar-refractivity contribution in [1.82, 2.24) is 30.5 Å². The summed E-state index contributed by atoms with van der Waals surface area (Å²) in [6, 6.07) is 8.92. The molecule has 35 heavy (non-hydrogen) atoms. The zero-order chi connectivity index (χ0) is 25.2. The number of nitrogens with zero attached hydrogens (tertiary/aromatic N) is 4. The molecule has 2 N–H and O–H groups in total. The maximum absolute atomic E-state index is 13.1. The van der Waals surface area contributed by atoms with Gasteiger partial charge in [-0.15, -0.1) is 0 Å². The number of rotatable bonds is 7. The average Bonchev–Trinajstić information content (AvgIpc) is 3.45. The number of benzene rings is 1. The lowest BCUT2D eigenvalue weighted by Gasteiger charge is -2.18. The van der Waals surface area contributed by atoms with Crippen molar-refractivity contribution >= 4 is 5.91 Å². The van der Waals surface area contributed by atoms with Crippen molar-refractivity contribution in [3.05, 3.63) is 77.0 Å². The van der Waals surface area contributed by atoms with Crippen molar-refractivity contribution in [1.29, 1.82) is 0 Å². The molecule has 0 spiro atoms. The fraction of sp³-hybridized carbons (Fsp3) is 0.375. The first-order chi connectivity index (χ1) is 16.6. The minimum absolute atomic E-state index is 0.104. The van der Waals surface area contributed by atoms with Gasteiger partial charge in [-0.1, -0.05) is 12.1 Å². The van der Waals surface area contributed by atoms with Gasteiger partial charge in [0.15, 0.2) is 5.82 Å². The summed E-state index contributed by atoms with van der Waals surface area (Å²) in [5, 5.41) is 4.15. The average molecular weight is 491 g/mol. The number of aromatic nitrogens is 3. The highest BCUT2D eigenvalue weighted by Gasteiger charge is 2.31. The zero-order valence-electron chi connectivity index (χ0n) is 19.3. The van der Waals surface area contributed by atoms with Crippen LogP contribution in [-0.2, 0) is 6.18 Å². The molecule has 1 aromatic carbocycles. The Hall–Kier alpha value is -3.31. The van der Waals surface area contributed by atoms with E-state index in [1.54, 1.807) is 31.0 Å². The number of hydrogen-bond acceptors (Lipinski definition) is 5. The van der Waals surface area contributed by atoms with Crippen molar-refractivity contribution in [2.45, 2.75) is 44.4 Å². The largest absolute Gasteiger partial charge is 0.417 e. The summed E-state index contributed by atoms with van der Waals surface area (Å²) >= 11 is 0. The lowest BCUT2D eigenvalue weighted by molar-refractivity contribution is -0.137. The monoisotopic (exact) mass is 490 g/mol. The van der Waals surface area contributed by atoms with Gasteiger partial charge in [0.1, 0.15) is 5.82 Å². The Kier molecular flexibility index (Phi) is 7.18. The van der Waals surface area contributed by atoms with Gasteiger partial charge in [0.2, 0.25) is 0 Å². The molecule has 1 aliphatic heterocycles. The van der Waals surface area contributed by atoms with Gasteiger partial charge in [-0.25, -0.2) is 14.1 Å². The molecule has 0 bridgehead atoms. The summed E-state index contributed by atoms with van der Waals surface area (Å²) < 4.78 is 52.8. The maximum Gasteiger partial charge on any atom is 0.417 e. The number of carbonyl (C=O) groups is 1. The van der Waals surface area contributed by atoms with Crippen LogP contribution in [0.3, 0.4) is 0 Å². The van der Waals surface area contributed by atoms with E-state index in [4.69, 9.17) is 0 Å². The van der Waals surface area contributed by atoms with Crippen molar-refractivity contribution in [2.75, 3.05) is 13.6 Å². The van der Waals surface area contributed by atoms with E-state index in [2.05, 4.69) is 20.9 Å². The second kappa shape index (κ2) is 10.1. The van der Waals surface area contributed by atoms with E-state index in [1.165, 1.54) is 29.1 Å². The van der Waals surface area contributed by atoms with Crippen LogP contribution >= 0.6 is 0 Å². The van der Waals surface area contributed by atoms with Gasteiger partial charge in [0, 0.05) is 31.9 Å². The second-order valence-electron chi connectivity index (χ2n) is 8.65. The van der Waals surface area contributed by atoms with Gasteiger partial charge in [0.25, 0.3) is 5.91 Å². The number of alkyl halides is 3. The second-order valence-corrected chi connectivity index (χ2v) is 8.65. The molecule has 11 heteroatoms. The van der Waals surface area contributed by atoms with Gasteiger partial charge in [0.05, 0.1) is 23.0 Å². The molecule has 1 amide bonds. The molecule has 2 atom stereocenters. The lowest BCUT2D eigenvalue weighted by Crippen LogP contribution is -2.32. The first-order valence-electron chi connectivity index (χ1n) is 11.2. The lowest BCUT2D eigenvalue weighted by atomic mass is 9.99. The highest BCUT2D eigenvalue weighted by Crippen LogP contribution is 2.29. The number of pyridine rings is 1. The van der Waals surface area contributed by atoms with Crippen LogP contribution < -0.4 is 10.9 Å². The van der Waals surface area contributed by atoms with Crippen LogP contribution in [0.4, 0.5) is 17.6 Å². The van der Waals surface area contributed by atoms with Crippen LogP contribution in [-0.4, -0.2) is 45.2 Å². The zero-order valence-corrected chi connectivity index (χ0v) is 19.3. The number of hydrazine groups is 1. The Bertz CT molecular complexity index is 1160. The van der Waals surface area contributed by atoms with Crippen LogP contribution in [0.1, 0.15) is 52.5 Å². The molecule has 1 aliphatic rings.